The van der Waals surface area contributed by atoms with Crippen LogP contribution in [0, 0.1) is 0 Å². The van der Waals surface area contributed by atoms with Crippen molar-refractivity contribution in [2.24, 2.45) is 7.05 Å². The van der Waals surface area contributed by atoms with Gasteiger partial charge in [-0.3, -0.25) is 9.48 Å². The first-order valence-electron chi connectivity index (χ1n) is 6.87. The number of fused-ring (bicyclic) bond motifs is 1. The van der Waals surface area contributed by atoms with Crippen LogP contribution in [-0.2, 0) is 11.8 Å². The third-order valence-electron chi connectivity index (χ3n) is 3.21. The van der Waals surface area contributed by atoms with Gasteiger partial charge >= 0.3 is 0 Å². The number of hydrogen-bond acceptors (Lipinski definition) is 6. The average Bonchev–Trinajstić information content (AvgIpc) is 2.96. The van der Waals surface area contributed by atoms with Gasteiger partial charge in [-0.2, -0.15) is 5.10 Å². The third kappa shape index (κ3) is 3.42. The standard InChI is InChI=1S/C15H15N5O2S/c1-20-14-12(7-18-20)15(17-9-16-14)23-8-13(21)19-10-3-5-11(22-2)6-4-10/h3-7,9H,8H2,1-2H3,(H,19,21). The number of nitrogens with one attached hydrogen (secondary N) is 1. The number of amides is 1. The Balaban J connectivity index is 1.63. The van der Waals surface area contributed by atoms with Gasteiger partial charge < -0.3 is 10.1 Å². The number of ether oxygens (including phenoxy) is 1. The molecule has 7 nitrogen and oxygen atoms in total. The zero-order chi connectivity index (χ0) is 16.2. The van der Waals surface area contributed by atoms with Crippen LogP contribution in [0.1, 0.15) is 0 Å². The molecule has 0 saturated carbocycles. The second-order valence-electron chi connectivity index (χ2n) is 4.75. The number of rotatable bonds is 5. The van der Waals surface area contributed by atoms with Gasteiger partial charge in [0.2, 0.25) is 5.91 Å². The van der Waals surface area contributed by atoms with Gasteiger partial charge in [0.25, 0.3) is 0 Å². The van der Waals surface area contributed by atoms with Gasteiger partial charge in [-0.05, 0) is 24.3 Å². The first-order chi connectivity index (χ1) is 11.2. The third-order valence-corrected chi connectivity index (χ3v) is 4.21. The highest BCUT2D eigenvalue weighted by Gasteiger charge is 2.10. The molecule has 0 aliphatic rings. The molecule has 2 heterocycles. The summed E-state index contributed by atoms with van der Waals surface area (Å²) in [4.78, 5) is 20.5. The number of aryl methyl sites for hydroxylation is 1. The van der Waals surface area contributed by atoms with Crippen molar-refractivity contribution >= 4 is 34.4 Å². The number of aromatic nitrogens is 4. The van der Waals surface area contributed by atoms with Crippen LogP contribution in [0.5, 0.6) is 5.75 Å². The van der Waals surface area contributed by atoms with Crippen molar-refractivity contribution in [2.45, 2.75) is 5.03 Å². The van der Waals surface area contributed by atoms with Gasteiger partial charge in [-0.25, -0.2) is 9.97 Å². The normalized spacial score (nSPS) is 10.7. The van der Waals surface area contributed by atoms with Crippen molar-refractivity contribution in [1.82, 2.24) is 19.7 Å². The minimum atomic E-state index is -0.101. The van der Waals surface area contributed by atoms with Gasteiger partial charge in [-0.15, -0.1) is 0 Å². The maximum absolute atomic E-state index is 12.1. The van der Waals surface area contributed by atoms with Crippen molar-refractivity contribution in [3.8, 4) is 5.75 Å². The van der Waals surface area contributed by atoms with Crippen molar-refractivity contribution in [2.75, 3.05) is 18.2 Å². The zero-order valence-corrected chi connectivity index (χ0v) is 13.5. The lowest BCUT2D eigenvalue weighted by Crippen LogP contribution is -2.14. The van der Waals surface area contributed by atoms with Crippen molar-refractivity contribution < 1.29 is 9.53 Å². The molecular weight excluding hydrogens is 314 g/mol. The Kier molecular flexibility index (Phi) is 4.42. The molecule has 3 rings (SSSR count). The Hall–Kier alpha value is -2.61. The maximum Gasteiger partial charge on any atom is 0.234 e. The number of carbonyl (C=O) groups is 1. The molecule has 0 spiro atoms. The van der Waals surface area contributed by atoms with E-state index < -0.39 is 0 Å². The van der Waals surface area contributed by atoms with Gasteiger partial charge in [0, 0.05) is 12.7 Å². The highest BCUT2D eigenvalue weighted by Crippen LogP contribution is 2.24. The van der Waals surface area contributed by atoms with Crippen LogP contribution in [0.25, 0.3) is 11.0 Å². The monoisotopic (exact) mass is 329 g/mol. The molecule has 0 unspecified atom stereocenters. The highest BCUT2D eigenvalue weighted by molar-refractivity contribution is 8.00. The number of anilines is 1. The number of nitrogens with zero attached hydrogens (tertiary/aromatic N) is 4. The Morgan fingerprint density at radius 2 is 2.09 bits per heavy atom. The molecular formula is C15H15N5O2S. The summed E-state index contributed by atoms with van der Waals surface area (Å²) < 4.78 is 6.76. The Morgan fingerprint density at radius 3 is 2.83 bits per heavy atom. The lowest BCUT2D eigenvalue weighted by atomic mass is 10.3. The van der Waals surface area contributed by atoms with Crippen molar-refractivity contribution in [3.05, 3.63) is 36.8 Å². The van der Waals surface area contributed by atoms with Crippen LogP contribution < -0.4 is 10.1 Å². The summed E-state index contributed by atoms with van der Waals surface area (Å²) in [5.41, 5.74) is 1.48. The summed E-state index contributed by atoms with van der Waals surface area (Å²) in [6, 6.07) is 7.19. The van der Waals surface area contributed by atoms with E-state index in [0.29, 0.717) is 0 Å². The topological polar surface area (TPSA) is 81.9 Å². The second kappa shape index (κ2) is 6.66. The molecule has 0 aliphatic heterocycles. The lowest BCUT2D eigenvalue weighted by Gasteiger charge is -2.06. The summed E-state index contributed by atoms with van der Waals surface area (Å²) in [5.74, 6) is 0.903. The van der Waals surface area contributed by atoms with Crippen molar-refractivity contribution in [1.29, 1.82) is 0 Å². The summed E-state index contributed by atoms with van der Waals surface area (Å²) >= 11 is 1.36. The summed E-state index contributed by atoms with van der Waals surface area (Å²) in [6.45, 7) is 0. The van der Waals surface area contributed by atoms with Gasteiger partial charge in [-0.1, -0.05) is 11.8 Å². The van der Waals surface area contributed by atoms with Gasteiger partial charge in [0.1, 0.15) is 17.1 Å². The van der Waals surface area contributed by atoms with Crippen LogP contribution in [-0.4, -0.2) is 38.5 Å². The predicted octanol–water partition coefficient (Wildman–Crippen LogP) is 2.10. The van der Waals surface area contributed by atoms with Crippen LogP contribution in [0.2, 0.25) is 0 Å². The lowest BCUT2D eigenvalue weighted by molar-refractivity contribution is -0.113. The minimum Gasteiger partial charge on any atom is -0.497 e. The van der Waals surface area contributed by atoms with E-state index in [1.807, 2.05) is 7.05 Å². The Morgan fingerprint density at radius 1 is 1.30 bits per heavy atom. The zero-order valence-electron chi connectivity index (χ0n) is 12.7. The summed E-state index contributed by atoms with van der Waals surface area (Å²) in [6.07, 6.45) is 3.19. The predicted molar refractivity (Wildman–Crippen MR) is 88.7 cm³/mol. The molecule has 3 aromatic rings. The molecule has 23 heavy (non-hydrogen) atoms. The molecule has 1 aromatic carbocycles. The first kappa shape index (κ1) is 15.3. The van der Waals surface area contributed by atoms with E-state index in [1.54, 1.807) is 42.3 Å². The Bertz CT molecular complexity index is 832. The molecule has 0 aliphatic carbocycles. The number of methoxy groups -OCH3 is 1. The van der Waals surface area contributed by atoms with E-state index in [4.69, 9.17) is 4.74 Å². The fourth-order valence-corrected chi connectivity index (χ4v) is 2.82. The van der Waals surface area contributed by atoms with E-state index in [9.17, 15) is 4.79 Å². The van der Waals surface area contributed by atoms with Crippen LogP contribution in [0.3, 0.4) is 0 Å². The molecule has 1 amide bonds. The number of thioether (sulfide) groups is 1. The molecule has 0 atom stereocenters. The van der Waals surface area contributed by atoms with E-state index in [2.05, 4.69) is 20.4 Å². The van der Waals surface area contributed by atoms with Crippen LogP contribution in [0.4, 0.5) is 5.69 Å². The summed E-state index contributed by atoms with van der Waals surface area (Å²) in [7, 11) is 3.42. The molecule has 0 bridgehead atoms. The number of hydrogen-bond donors (Lipinski definition) is 1. The molecule has 1 N–H and O–H groups in total. The van der Waals surface area contributed by atoms with E-state index >= 15 is 0 Å². The van der Waals surface area contributed by atoms with E-state index in [0.717, 1.165) is 27.5 Å². The fraction of sp³-hybridized carbons (Fsp3) is 0.200. The van der Waals surface area contributed by atoms with E-state index in [-0.39, 0.29) is 11.7 Å². The van der Waals surface area contributed by atoms with Crippen LogP contribution in [0.15, 0.2) is 41.8 Å². The largest absolute Gasteiger partial charge is 0.497 e. The Labute approximate surface area is 137 Å². The SMILES string of the molecule is COc1ccc(NC(=O)CSc2ncnc3c2cnn3C)cc1. The summed E-state index contributed by atoms with van der Waals surface area (Å²) in [5, 5.41) is 8.58. The quantitative estimate of drug-likeness (QED) is 0.570. The molecule has 118 valence electrons. The van der Waals surface area contributed by atoms with Gasteiger partial charge in [0.15, 0.2) is 5.65 Å². The smallest absolute Gasteiger partial charge is 0.234 e. The van der Waals surface area contributed by atoms with E-state index in [1.165, 1.54) is 18.1 Å². The fourth-order valence-electron chi connectivity index (χ4n) is 2.06. The molecule has 0 saturated heterocycles. The highest BCUT2D eigenvalue weighted by atomic mass is 32.2. The minimum absolute atomic E-state index is 0.101. The van der Waals surface area contributed by atoms with Crippen molar-refractivity contribution in [3.63, 3.8) is 0 Å². The molecule has 0 radical (unpaired) electrons. The van der Waals surface area contributed by atoms with Gasteiger partial charge in [0.05, 0.1) is 24.4 Å². The number of benzene rings is 1. The average molecular weight is 329 g/mol. The number of carbonyl (C=O) groups excluding carboxylic acids is 1. The second-order valence-corrected chi connectivity index (χ2v) is 5.71. The molecule has 0 fully saturated rings. The molecule has 2 aromatic heterocycles. The molecule has 8 heteroatoms. The van der Waals surface area contributed by atoms with Crippen LogP contribution >= 0.6 is 11.8 Å². The maximum atomic E-state index is 12.1. The first-order valence-corrected chi connectivity index (χ1v) is 7.85.